The molecule has 3 N–H and O–H groups in total. The Kier molecular flexibility index (Phi) is 6.68. The van der Waals surface area contributed by atoms with Gasteiger partial charge in [0, 0.05) is 31.4 Å². The molecule has 7 nitrogen and oxygen atoms in total. The number of ether oxygens (including phenoxy) is 2. The molecule has 0 spiro atoms. The highest BCUT2D eigenvalue weighted by molar-refractivity contribution is 5.95. The zero-order valence-corrected chi connectivity index (χ0v) is 17.2. The second kappa shape index (κ2) is 9.41. The highest BCUT2D eigenvalue weighted by Gasteiger charge is 2.18. The third-order valence-electron chi connectivity index (χ3n) is 4.75. The summed E-state index contributed by atoms with van der Waals surface area (Å²) in [4.78, 5) is 12.9. The minimum absolute atomic E-state index is 0.181. The van der Waals surface area contributed by atoms with Gasteiger partial charge in [0.25, 0.3) is 5.91 Å². The number of aryl methyl sites for hydroxylation is 1. The van der Waals surface area contributed by atoms with Gasteiger partial charge in [-0.25, -0.2) is 4.39 Å². The average Bonchev–Trinajstić information content (AvgIpc) is 3.17. The number of nitrogens with two attached hydrogens (primary N) is 1. The van der Waals surface area contributed by atoms with E-state index in [0.29, 0.717) is 29.0 Å². The molecule has 1 heterocycles. The van der Waals surface area contributed by atoms with E-state index in [1.165, 1.54) is 19.2 Å². The number of aromatic nitrogens is 2. The molecule has 1 aromatic heterocycles. The van der Waals surface area contributed by atoms with Gasteiger partial charge in [-0.3, -0.25) is 9.48 Å². The monoisotopic (exact) mass is 412 g/mol. The molecular formula is C22H25FN4O3. The maximum atomic E-state index is 13.8. The molecule has 2 aromatic carbocycles. The SMILES string of the molecule is CCC(NC(=O)c1ccc(OC)c(Oc2cc(F)cc(CN)c2)c1)c1ccnn1C. The second-order valence-electron chi connectivity index (χ2n) is 6.78. The van der Waals surface area contributed by atoms with E-state index < -0.39 is 5.82 Å². The summed E-state index contributed by atoms with van der Waals surface area (Å²) >= 11 is 0. The van der Waals surface area contributed by atoms with Crippen LogP contribution in [0.3, 0.4) is 0 Å². The smallest absolute Gasteiger partial charge is 0.251 e. The fraction of sp³-hybridized carbons (Fsp3) is 0.273. The highest BCUT2D eigenvalue weighted by Crippen LogP contribution is 2.33. The number of benzene rings is 2. The zero-order valence-electron chi connectivity index (χ0n) is 17.2. The summed E-state index contributed by atoms with van der Waals surface area (Å²) in [5, 5.41) is 7.17. The predicted molar refractivity (Wildman–Crippen MR) is 111 cm³/mol. The van der Waals surface area contributed by atoms with E-state index in [0.717, 1.165) is 5.69 Å². The average molecular weight is 412 g/mol. The first kappa shape index (κ1) is 21.3. The number of carbonyl (C=O) groups is 1. The fourth-order valence-electron chi connectivity index (χ4n) is 3.17. The molecule has 0 saturated heterocycles. The molecule has 0 bridgehead atoms. The van der Waals surface area contributed by atoms with Crippen LogP contribution in [0.15, 0.2) is 48.7 Å². The number of hydrogen-bond donors (Lipinski definition) is 2. The van der Waals surface area contributed by atoms with Crippen LogP contribution in [-0.2, 0) is 13.6 Å². The quantitative estimate of drug-likeness (QED) is 0.589. The molecule has 158 valence electrons. The highest BCUT2D eigenvalue weighted by atomic mass is 19.1. The molecular weight excluding hydrogens is 387 g/mol. The molecule has 0 saturated carbocycles. The minimum atomic E-state index is -0.456. The largest absolute Gasteiger partial charge is 0.493 e. The molecule has 0 fully saturated rings. The summed E-state index contributed by atoms with van der Waals surface area (Å²) < 4.78 is 26.7. The summed E-state index contributed by atoms with van der Waals surface area (Å²) in [5.41, 5.74) is 7.50. The topological polar surface area (TPSA) is 91.4 Å². The van der Waals surface area contributed by atoms with Crippen molar-refractivity contribution in [3.8, 4) is 17.2 Å². The Balaban J connectivity index is 1.85. The maximum absolute atomic E-state index is 13.8. The Hall–Kier alpha value is -3.39. The lowest BCUT2D eigenvalue weighted by Gasteiger charge is -2.18. The molecule has 0 radical (unpaired) electrons. The summed E-state index contributed by atoms with van der Waals surface area (Å²) in [6, 6.07) is 10.8. The van der Waals surface area contributed by atoms with Crippen molar-refractivity contribution in [3.63, 3.8) is 0 Å². The maximum Gasteiger partial charge on any atom is 0.251 e. The van der Waals surface area contributed by atoms with Gasteiger partial charge in [-0.05, 0) is 48.4 Å². The van der Waals surface area contributed by atoms with Crippen LogP contribution >= 0.6 is 0 Å². The van der Waals surface area contributed by atoms with Crippen molar-refractivity contribution < 1.29 is 18.7 Å². The Morgan fingerprint density at radius 1 is 1.23 bits per heavy atom. The number of nitrogens with one attached hydrogen (secondary N) is 1. The van der Waals surface area contributed by atoms with Gasteiger partial charge in [-0.2, -0.15) is 5.10 Å². The summed E-state index contributed by atoms with van der Waals surface area (Å²) in [6.07, 6.45) is 2.40. The van der Waals surface area contributed by atoms with Crippen LogP contribution < -0.4 is 20.5 Å². The lowest BCUT2D eigenvalue weighted by Crippen LogP contribution is -2.29. The Bertz CT molecular complexity index is 1030. The van der Waals surface area contributed by atoms with Gasteiger partial charge < -0.3 is 20.5 Å². The van der Waals surface area contributed by atoms with E-state index in [1.807, 2.05) is 20.0 Å². The van der Waals surface area contributed by atoms with Crippen LogP contribution in [0.5, 0.6) is 17.2 Å². The molecule has 0 aliphatic carbocycles. The van der Waals surface area contributed by atoms with Crippen LogP contribution in [0, 0.1) is 5.82 Å². The normalized spacial score (nSPS) is 11.8. The summed E-state index contributed by atoms with van der Waals surface area (Å²) in [5.74, 6) is 0.268. The third-order valence-corrected chi connectivity index (χ3v) is 4.75. The van der Waals surface area contributed by atoms with Crippen molar-refractivity contribution >= 4 is 5.91 Å². The standard InChI is InChI=1S/C22H25FN4O3/c1-4-18(19-7-8-25-27(19)2)26-22(28)15-5-6-20(29-3)21(11-15)30-17-10-14(13-24)9-16(23)12-17/h5-12,18H,4,13,24H2,1-3H3,(H,26,28). The van der Waals surface area contributed by atoms with E-state index in [9.17, 15) is 9.18 Å². The first-order valence-electron chi connectivity index (χ1n) is 9.59. The molecule has 8 heteroatoms. The van der Waals surface area contributed by atoms with Crippen molar-refractivity contribution in [2.24, 2.45) is 12.8 Å². The van der Waals surface area contributed by atoms with Crippen LogP contribution in [0.1, 0.15) is 41.0 Å². The molecule has 1 amide bonds. The van der Waals surface area contributed by atoms with Gasteiger partial charge in [-0.15, -0.1) is 0 Å². The summed E-state index contributed by atoms with van der Waals surface area (Å²) in [6.45, 7) is 2.17. The Labute approximate surface area is 174 Å². The number of halogens is 1. The van der Waals surface area contributed by atoms with Gasteiger partial charge in [0.05, 0.1) is 18.8 Å². The van der Waals surface area contributed by atoms with Crippen molar-refractivity contribution in [2.75, 3.05) is 7.11 Å². The van der Waals surface area contributed by atoms with Crippen LogP contribution in [-0.4, -0.2) is 22.8 Å². The number of carbonyl (C=O) groups excluding carboxylic acids is 1. The van der Waals surface area contributed by atoms with Crippen molar-refractivity contribution in [3.05, 3.63) is 71.3 Å². The lowest BCUT2D eigenvalue weighted by atomic mass is 10.1. The summed E-state index contributed by atoms with van der Waals surface area (Å²) in [7, 11) is 3.33. The van der Waals surface area contributed by atoms with Crippen molar-refractivity contribution in [1.29, 1.82) is 0 Å². The third kappa shape index (κ3) is 4.77. The first-order chi connectivity index (χ1) is 14.4. The predicted octanol–water partition coefficient (Wildman–Crippen LogP) is 3.70. The van der Waals surface area contributed by atoms with Crippen LogP contribution in [0.25, 0.3) is 0 Å². The van der Waals surface area contributed by atoms with Crippen molar-refractivity contribution in [2.45, 2.75) is 25.9 Å². The molecule has 1 unspecified atom stereocenters. The van der Waals surface area contributed by atoms with Gasteiger partial charge >= 0.3 is 0 Å². The van der Waals surface area contributed by atoms with Gasteiger partial charge in [0.2, 0.25) is 0 Å². The number of rotatable bonds is 8. The minimum Gasteiger partial charge on any atom is -0.493 e. The molecule has 3 aromatic rings. The van der Waals surface area contributed by atoms with E-state index in [-0.39, 0.29) is 24.2 Å². The zero-order chi connectivity index (χ0) is 21.7. The van der Waals surface area contributed by atoms with E-state index >= 15 is 0 Å². The van der Waals surface area contributed by atoms with E-state index in [1.54, 1.807) is 35.1 Å². The van der Waals surface area contributed by atoms with Gasteiger partial charge in [-0.1, -0.05) is 6.92 Å². The van der Waals surface area contributed by atoms with E-state index in [2.05, 4.69) is 10.4 Å². The molecule has 1 atom stereocenters. The van der Waals surface area contributed by atoms with Crippen LogP contribution in [0.2, 0.25) is 0 Å². The number of amides is 1. The fourth-order valence-corrected chi connectivity index (χ4v) is 3.17. The van der Waals surface area contributed by atoms with Crippen molar-refractivity contribution in [1.82, 2.24) is 15.1 Å². The number of nitrogens with zero attached hydrogens (tertiary/aromatic N) is 2. The number of hydrogen-bond acceptors (Lipinski definition) is 5. The Morgan fingerprint density at radius 3 is 2.67 bits per heavy atom. The van der Waals surface area contributed by atoms with Gasteiger partial charge in [0.1, 0.15) is 11.6 Å². The van der Waals surface area contributed by atoms with E-state index in [4.69, 9.17) is 15.2 Å². The Morgan fingerprint density at radius 2 is 2.03 bits per heavy atom. The molecule has 0 aliphatic heterocycles. The second-order valence-corrected chi connectivity index (χ2v) is 6.78. The first-order valence-corrected chi connectivity index (χ1v) is 9.59. The van der Waals surface area contributed by atoms with Crippen LogP contribution in [0.4, 0.5) is 4.39 Å². The number of methoxy groups -OCH3 is 1. The van der Waals surface area contributed by atoms with Gasteiger partial charge in [0.15, 0.2) is 11.5 Å². The lowest BCUT2D eigenvalue weighted by molar-refractivity contribution is 0.0933. The molecule has 30 heavy (non-hydrogen) atoms. The molecule has 3 rings (SSSR count). The molecule has 0 aliphatic rings.